The van der Waals surface area contributed by atoms with Gasteiger partial charge in [-0.3, -0.25) is 0 Å². The second-order valence-corrected chi connectivity index (χ2v) is 6.25. The monoisotopic (exact) mass is 356 g/mol. The van der Waals surface area contributed by atoms with E-state index in [4.69, 9.17) is 23.2 Å². The molecule has 0 radical (unpaired) electrons. The summed E-state index contributed by atoms with van der Waals surface area (Å²) in [6.45, 7) is 0. The highest BCUT2D eigenvalue weighted by molar-refractivity contribution is 7.20. The summed E-state index contributed by atoms with van der Waals surface area (Å²) >= 11 is 12.9. The number of hydrogen-bond acceptors (Lipinski definition) is 6. The minimum Gasteiger partial charge on any atom is -0.505 e. The van der Waals surface area contributed by atoms with Crippen molar-refractivity contribution in [1.82, 2.24) is 0 Å². The molecule has 5 nitrogen and oxygen atoms in total. The largest absolute Gasteiger partial charge is 0.505 e. The maximum Gasteiger partial charge on any atom is 0.362 e. The van der Waals surface area contributed by atoms with Crippen LogP contribution in [0.15, 0.2) is 52.3 Å². The third-order valence-electron chi connectivity index (χ3n) is 2.54. The number of ether oxygens (including phenoxy) is 1. The van der Waals surface area contributed by atoms with Gasteiger partial charge in [-0.1, -0.05) is 41.4 Å². The van der Waals surface area contributed by atoms with Crippen molar-refractivity contribution < 1.29 is 14.6 Å². The molecule has 0 amide bonds. The number of azo groups is 1. The van der Waals surface area contributed by atoms with Crippen LogP contribution >= 0.6 is 34.5 Å². The molecule has 0 bridgehead atoms. The van der Waals surface area contributed by atoms with Crippen molar-refractivity contribution in [3.05, 3.63) is 56.3 Å². The van der Waals surface area contributed by atoms with E-state index in [-0.39, 0.29) is 15.6 Å². The minimum absolute atomic E-state index is 0.198. The van der Waals surface area contributed by atoms with Crippen LogP contribution in [0.2, 0.25) is 8.67 Å². The summed E-state index contributed by atoms with van der Waals surface area (Å²) in [5.41, 5.74) is 0.359. The summed E-state index contributed by atoms with van der Waals surface area (Å²) in [5, 5.41) is 17.9. The molecule has 0 saturated heterocycles. The molecule has 1 aromatic carbocycles. The Morgan fingerprint density at radius 2 is 1.95 bits per heavy atom. The summed E-state index contributed by atoms with van der Waals surface area (Å²) < 4.78 is 5.21. The maximum absolute atomic E-state index is 11.8. The first-order valence-corrected chi connectivity index (χ1v) is 7.53. The number of methoxy groups -OCH3 is 1. The van der Waals surface area contributed by atoms with Gasteiger partial charge in [0, 0.05) is 0 Å². The van der Waals surface area contributed by atoms with Crippen molar-refractivity contribution in [1.29, 1.82) is 0 Å². The zero-order chi connectivity index (χ0) is 16.1. The van der Waals surface area contributed by atoms with E-state index in [1.807, 2.05) is 6.07 Å². The second-order valence-electron chi connectivity index (χ2n) is 3.96. The lowest BCUT2D eigenvalue weighted by Crippen LogP contribution is -2.05. The fourth-order valence-electron chi connectivity index (χ4n) is 1.51. The standard InChI is InChI=1S/C14H10Cl2N2O3S/c1-21-14(20)11(18-17-8-5-3-2-4-6-8)12(19)9-7-10(15)22-13(9)16/h2-7,19H,1H3/b12-11+,18-17?. The molecule has 0 saturated carbocycles. The Morgan fingerprint density at radius 1 is 1.27 bits per heavy atom. The summed E-state index contributed by atoms with van der Waals surface area (Å²) in [7, 11) is 1.18. The number of thiophene rings is 1. The van der Waals surface area contributed by atoms with Crippen LogP contribution in [-0.2, 0) is 9.53 Å². The fraction of sp³-hybridized carbons (Fsp3) is 0.0714. The Kier molecular flexibility index (Phi) is 5.54. The lowest BCUT2D eigenvalue weighted by Gasteiger charge is -2.03. The van der Waals surface area contributed by atoms with Crippen LogP contribution in [0.25, 0.3) is 5.76 Å². The van der Waals surface area contributed by atoms with E-state index in [9.17, 15) is 9.90 Å². The molecule has 0 aliphatic heterocycles. The summed E-state index contributed by atoms with van der Waals surface area (Å²) in [6, 6.07) is 10.2. The lowest BCUT2D eigenvalue weighted by atomic mass is 10.2. The van der Waals surface area contributed by atoms with Gasteiger partial charge in [-0.2, -0.15) is 5.11 Å². The lowest BCUT2D eigenvalue weighted by molar-refractivity contribution is -0.136. The van der Waals surface area contributed by atoms with Crippen molar-refractivity contribution in [2.75, 3.05) is 7.11 Å². The van der Waals surface area contributed by atoms with Crippen molar-refractivity contribution >= 4 is 52.0 Å². The molecule has 2 aromatic rings. The van der Waals surface area contributed by atoms with Gasteiger partial charge in [-0.15, -0.1) is 16.5 Å². The van der Waals surface area contributed by atoms with Crippen LogP contribution in [0.4, 0.5) is 5.69 Å². The molecule has 0 atom stereocenters. The molecule has 0 fully saturated rings. The first kappa shape index (κ1) is 16.5. The van der Waals surface area contributed by atoms with E-state index in [0.717, 1.165) is 11.3 Å². The van der Waals surface area contributed by atoms with E-state index < -0.39 is 11.7 Å². The SMILES string of the molecule is COC(=O)/C(N=Nc1ccccc1)=C(\O)c1cc(Cl)sc1Cl. The molecule has 0 unspecified atom stereocenters. The van der Waals surface area contributed by atoms with Crippen LogP contribution in [-0.4, -0.2) is 18.2 Å². The molecule has 1 heterocycles. The number of nitrogens with zero attached hydrogens (tertiary/aromatic N) is 2. The van der Waals surface area contributed by atoms with E-state index in [2.05, 4.69) is 15.0 Å². The molecule has 0 aliphatic rings. The second kappa shape index (κ2) is 7.40. The number of benzene rings is 1. The zero-order valence-electron chi connectivity index (χ0n) is 11.3. The molecule has 1 aromatic heterocycles. The van der Waals surface area contributed by atoms with Crippen molar-refractivity contribution in [3.8, 4) is 0 Å². The Bertz CT molecular complexity index is 742. The summed E-state index contributed by atoms with van der Waals surface area (Å²) in [4.78, 5) is 11.8. The number of esters is 1. The quantitative estimate of drug-likeness (QED) is 0.352. The van der Waals surface area contributed by atoms with Crippen molar-refractivity contribution in [2.24, 2.45) is 10.2 Å². The van der Waals surface area contributed by atoms with Crippen LogP contribution in [0, 0.1) is 0 Å². The van der Waals surface area contributed by atoms with Gasteiger partial charge < -0.3 is 9.84 Å². The summed E-state index contributed by atoms with van der Waals surface area (Å²) in [6.07, 6.45) is 0. The van der Waals surface area contributed by atoms with Crippen LogP contribution in [0.5, 0.6) is 0 Å². The smallest absolute Gasteiger partial charge is 0.362 e. The van der Waals surface area contributed by atoms with Crippen LogP contribution in [0.3, 0.4) is 0 Å². The number of aliphatic hydroxyl groups is 1. The van der Waals surface area contributed by atoms with Crippen molar-refractivity contribution in [2.45, 2.75) is 0 Å². The van der Waals surface area contributed by atoms with E-state index in [1.54, 1.807) is 24.3 Å². The molecule has 114 valence electrons. The minimum atomic E-state index is -0.837. The highest BCUT2D eigenvalue weighted by Crippen LogP contribution is 2.36. The Labute approximate surface area is 140 Å². The number of aliphatic hydroxyl groups excluding tert-OH is 1. The van der Waals surface area contributed by atoms with Gasteiger partial charge in [-0.25, -0.2) is 4.79 Å². The number of hydrogen-bond donors (Lipinski definition) is 1. The normalized spacial score (nSPS) is 12.3. The van der Waals surface area contributed by atoms with Gasteiger partial charge in [-0.05, 0) is 18.2 Å². The number of carbonyl (C=O) groups is 1. The van der Waals surface area contributed by atoms with E-state index in [1.165, 1.54) is 13.2 Å². The Morgan fingerprint density at radius 3 is 2.50 bits per heavy atom. The topological polar surface area (TPSA) is 71.2 Å². The number of rotatable bonds is 4. The molecule has 2 rings (SSSR count). The summed E-state index contributed by atoms with van der Waals surface area (Å²) in [5.74, 6) is -1.28. The van der Waals surface area contributed by atoms with Gasteiger partial charge in [0.1, 0.15) is 4.34 Å². The molecular formula is C14H10Cl2N2O3S. The molecular weight excluding hydrogens is 347 g/mol. The highest BCUT2D eigenvalue weighted by Gasteiger charge is 2.21. The van der Waals surface area contributed by atoms with E-state index >= 15 is 0 Å². The van der Waals surface area contributed by atoms with Gasteiger partial charge in [0.15, 0.2) is 5.76 Å². The highest BCUT2D eigenvalue weighted by atomic mass is 35.5. The zero-order valence-corrected chi connectivity index (χ0v) is 13.6. The van der Waals surface area contributed by atoms with Crippen molar-refractivity contribution in [3.63, 3.8) is 0 Å². The van der Waals surface area contributed by atoms with Gasteiger partial charge in [0.2, 0.25) is 5.70 Å². The maximum atomic E-state index is 11.8. The van der Waals surface area contributed by atoms with Crippen LogP contribution < -0.4 is 0 Å². The Balaban J connectivity index is 2.46. The first-order chi connectivity index (χ1) is 10.5. The first-order valence-electron chi connectivity index (χ1n) is 5.96. The van der Waals surface area contributed by atoms with E-state index in [0.29, 0.717) is 10.0 Å². The average Bonchev–Trinajstić information content (AvgIpc) is 2.86. The Hall–Kier alpha value is -1.89. The predicted molar refractivity (Wildman–Crippen MR) is 86.9 cm³/mol. The number of halogens is 2. The molecule has 1 N–H and O–H groups in total. The molecule has 0 spiro atoms. The van der Waals surface area contributed by atoms with Gasteiger partial charge >= 0.3 is 5.97 Å². The fourth-order valence-corrected chi connectivity index (χ4v) is 2.98. The predicted octanol–water partition coefficient (Wildman–Crippen LogP) is 5.24. The molecule has 0 aliphatic carbocycles. The molecule has 22 heavy (non-hydrogen) atoms. The van der Waals surface area contributed by atoms with Gasteiger partial charge in [0.25, 0.3) is 0 Å². The van der Waals surface area contributed by atoms with Crippen LogP contribution in [0.1, 0.15) is 5.56 Å². The third kappa shape index (κ3) is 3.85. The number of carbonyl (C=O) groups excluding carboxylic acids is 1. The van der Waals surface area contributed by atoms with Gasteiger partial charge in [0.05, 0.1) is 22.7 Å². The third-order valence-corrected chi connectivity index (χ3v) is 4.02. The average molecular weight is 357 g/mol. The molecule has 8 heteroatoms.